The van der Waals surface area contributed by atoms with Crippen LogP contribution in [0.5, 0.6) is 0 Å². The van der Waals surface area contributed by atoms with Gasteiger partial charge in [-0.2, -0.15) is 0 Å². The molecule has 0 fully saturated rings. The SMILES string of the molecule is Cc1cccc(N(CCC(N)=O)C(=O)c2cc(-c3cccc(F)c3)no2)c1. The summed E-state index contributed by atoms with van der Waals surface area (Å²) in [6.07, 6.45) is 0.00454. The molecule has 0 unspecified atom stereocenters. The molecule has 2 amide bonds. The summed E-state index contributed by atoms with van der Waals surface area (Å²) in [4.78, 5) is 25.6. The van der Waals surface area contributed by atoms with Gasteiger partial charge in [0.1, 0.15) is 11.5 Å². The second-order valence-electron chi connectivity index (χ2n) is 6.10. The van der Waals surface area contributed by atoms with Gasteiger partial charge >= 0.3 is 0 Å². The van der Waals surface area contributed by atoms with Gasteiger partial charge in [0.2, 0.25) is 11.7 Å². The number of hydrogen-bond acceptors (Lipinski definition) is 4. The van der Waals surface area contributed by atoms with Gasteiger partial charge in [-0.1, -0.05) is 29.4 Å². The van der Waals surface area contributed by atoms with Crippen LogP contribution in [0.3, 0.4) is 0 Å². The number of aromatic nitrogens is 1. The van der Waals surface area contributed by atoms with Gasteiger partial charge in [-0.25, -0.2) is 4.39 Å². The standard InChI is InChI=1S/C20H18FN3O3/c1-13-4-2-7-16(10-13)24(9-8-19(22)25)20(26)18-12-17(23-27-18)14-5-3-6-15(21)11-14/h2-7,10-12H,8-9H2,1H3,(H2,22,25). The molecule has 0 aliphatic carbocycles. The van der Waals surface area contributed by atoms with Gasteiger partial charge in [-0.15, -0.1) is 0 Å². The van der Waals surface area contributed by atoms with Crippen LogP contribution in [0.2, 0.25) is 0 Å². The van der Waals surface area contributed by atoms with E-state index < -0.39 is 17.6 Å². The van der Waals surface area contributed by atoms with Crippen molar-refractivity contribution in [1.82, 2.24) is 5.16 Å². The maximum atomic E-state index is 13.4. The molecule has 0 bridgehead atoms. The highest BCUT2D eigenvalue weighted by Gasteiger charge is 2.23. The maximum absolute atomic E-state index is 13.4. The van der Waals surface area contributed by atoms with Crippen LogP contribution >= 0.6 is 0 Å². The van der Waals surface area contributed by atoms with Crippen LogP contribution in [-0.4, -0.2) is 23.5 Å². The van der Waals surface area contributed by atoms with Gasteiger partial charge in [0.05, 0.1) is 0 Å². The maximum Gasteiger partial charge on any atom is 0.296 e. The molecule has 0 spiro atoms. The number of nitrogens with zero attached hydrogens (tertiary/aromatic N) is 2. The topological polar surface area (TPSA) is 89.4 Å². The van der Waals surface area contributed by atoms with Gasteiger partial charge in [-0.05, 0) is 36.8 Å². The van der Waals surface area contributed by atoms with Crippen LogP contribution in [0.4, 0.5) is 10.1 Å². The summed E-state index contributed by atoms with van der Waals surface area (Å²) in [7, 11) is 0. The largest absolute Gasteiger partial charge is 0.370 e. The van der Waals surface area contributed by atoms with Crippen molar-refractivity contribution in [2.45, 2.75) is 13.3 Å². The molecular formula is C20H18FN3O3. The van der Waals surface area contributed by atoms with E-state index in [9.17, 15) is 14.0 Å². The van der Waals surface area contributed by atoms with Crippen LogP contribution in [-0.2, 0) is 4.79 Å². The Kier molecular flexibility index (Phi) is 5.30. The van der Waals surface area contributed by atoms with Crippen LogP contribution in [0, 0.1) is 12.7 Å². The first kappa shape index (κ1) is 18.3. The molecule has 3 aromatic rings. The Labute approximate surface area is 155 Å². The lowest BCUT2D eigenvalue weighted by molar-refractivity contribution is -0.117. The number of hydrogen-bond donors (Lipinski definition) is 1. The van der Waals surface area contributed by atoms with Gasteiger partial charge < -0.3 is 15.2 Å². The second kappa shape index (κ2) is 7.82. The number of nitrogens with two attached hydrogens (primary N) is 1. The second-order valence-corrected chi connectivity index (χ2v) is 6.10. The third kappa shape index (κ3) is 4.38. The lowest BCUT2D eigenvalue weighted by atomic mass is 10.1. The van der Waals surface area contributed by atoms with Crippen molar-refractivity contribution in [3.8, 4) is 11.3 Å². The number of aryl methyl sites for hydroxylation is 1. The average molecular weight is 367 g/mol. The summed E-state index contributed by atoms with van der Waals surface area (Å²) in [5.74, 6) is -1.40. The van der Waals surface area contributed by atoms with Gasteiger partial charge in [0.25, 0.3) is 5.91 Å². The summed E-state index contributed by atoms with van der Waals surface area (Å²) in [6, 6.07) is 14.6. The third-order valence-electron chi connectivity index (χ3n) is 3.98. The van der Waals surface area contributed by atoms with Gasteiger partial charge in [0.15, 0.2) is 0 Å². The zero-order valence-electron chi connectivity index (χ0n) is 14.7. The van der Waals surface area contributed by atoms with E-state index in [0.29, 0.717) is 16.9 Å². The first-order valence-electron chi connectivity index (χ1n) is 8.33. The zero-order valence-corrected chi connectivity index (χ0v) is 14.7. The van der Waals surface area contributed by atoms with Crippen LogP contribution < -0.4 is 10.6 Å². The first-order chi connectivity index (χ1) is 12.9. The molecule has 0 saturated carbocycles. The number of carbonyl (C=O) groups excluding carboxylic acids is 2. The predicted molar refractivity (Wildman–Crippen MR) is 98.6 cm³/mol. The van der Waals surface area contributed by atoms with Crippen molar-refractivity contribution in [2.24, 2.45) is 5.73 Å². The van der Waals surface area contributed by atoms with Crippen molar-refractivity contribution in [3.05, 3.63) is 71.7 Å². The van der Waals surface area contributed by atoms with Crippen molar-refractivity contribution in [3.63, 3.8) is 0 Å². The molecule has 2 N–H and O–H groups in total. The van der Waals surface area contributed by atoms with Crippen molar-refractivity contribution < 1.29 is 18.5 Å². The molecule has 6 nitrogen and oxygen atoms in total. The molecule has 0 radical (unpaired) electrons. The normalized spacial score (nSPS) is 10.6. The van der Waals surface area contributed by atoms with E-state index in [0.717, 1.165) is 5.56 Å². The molecular weight excluding hydrogens is 349 g/mol. The molecule has 0 saturated heterocycles. The highest BCUT2D eigenvalue weighted by Crippen LogP contribution is 2.23. The Hall–Kier alpha value is -3.48. The Morgan fingerprint density at radius 1 is 1.15 bits per heavy atom. The molecule has 3 rings (SSSR count). The molecule has 0 aliphatic rings. The molecule has 2 aromatic carbocycles. The highest BCUT2D eigenvalue weighted by atomic mass is 19.1. The fourth-order valence-electron chi connectivity index (χ4n) is 2.66. The lowest BCUT2D eigenvalue weighted by Gasteiger charge is -2.21. The van der Waals surface area contributed by atoms with E-state index in [1.165, 1.54) is 23.1 Å². The smallest absolute Gasteiger partial charge is 0.296 e. The molecule has 7 heteroatoms. The number of halogens is 1. The Bertz CT molecular complexity index is 984. The minimum absolute atomic E-state index is 0.00454. The van der Waals surface area contributed by atoms with Crippen molar-refractivity contribution >= 4 is 17.5 Å². The Morgan fingerprint density at radius 3 is 2.63 bits per heavy atom. The quantitative estimate of drug-likeness (QED) is 0.724. The highest BCUT2D eigenvalue weighted by molar-refractivity contribution is 6.05. The third-order valence-corrected chi connectivity index (χ3v) is 3.98. The average Bonchev–Trinajstić information content (AvgIpc) is 3.12. The Balaban J connectivity index is 1.91. The summed E-state index contributed by atoms with van der Waals surface area (Å²) in [5.41, 5.74) is 7.65. The number of carbonyl (C=O) groups is 2. The fourth-order valence-corrected chi connectivity index (χ4v) is 2.66. The molecule has 1 aromatic heterocycles. The van der Waals surface area contributed by atoms with Crippen LogP contribution in [0.25, 0.3) is 11.3 Å². The minimum Gasteiger partial charge on any atom is -0.370 e. The van der Waals surface area contributed by atoms with Crippen LogP contribution in [0.1, 0.15) is 22.5 Å². The number of rotatable bonds is 6. The van der Waals surface area contributed by atoms with Crippen molar-refractivity contribution in [1.29, 1.82) is 0 Å². The summed E-state index contributed by atoms with van der Waals surface area (Å²) >= 11 is 0. The first-order valence-corrected chi connectivity index (χ1v) is 8.33. The molecule has 1 heterocycles. The number of benzene rings is 2. The van der Waals surface area contributed by atoms with E-state index in [-0.39, 0.29) is 18.7 Å². The summed E-state index contributed by atoms with van der Waals surface area (Å²) in [6.45, 7) is 2.00. The number of amides is 2. The molecule has 138 valence electrons. The van der Waals surface area contributed by atoms with E-state index in [2.05, 4.69) is 5.16 Å². The van der Waals surface area contributed by atoms with E-state index in [1.54, 1.807) is 18.2 Å². The summed E-state index contributed by atoms with van der Waals surface area (Å²) < 4.78 is 18.6. The lowest BCUT2D eigenvalue weighted by Crippen LogP contribution is -2.34. The van der Waals surface area contributed by atoms with Crippen LogP contribution in [0.15, 0.2) is 59.1 Å². The van der Waals surface area contributed by atoms with Gasteiger partial charge in [0, 0.05) is 30.3 Å². The van der Waals surface area contributed by atoms with E-state index in [1.807, 2.05) is 25.1 Å². The summed E-state index contributed by atoms with van der Waals surface area (Å²) in [5, 5.41) is 3.86. The molecule has 0 atom stereocenters. The fraction of sp³-hybridized carbons (Fsp3) is 0.150. The predicted octanol–water partition coefficient (Wildman–Crippen LogP) is 3.31. The Morgan fingerprint density at radius 2 is 1.93 bits per heavy atom. The number of primary amides is 1. The van der Waals surface area contributed by atoms with Crippen molar-refractivity contribution in [2.75, 3.05) is 11.4 Å². The van der Waals surface area contributed by atoms with E-state index in [4.69, 9.17) is 10.3 Å². The monoisotopic (exact) mass is 367 g/mol. The minimum atomic E-state index is -0.515. The zero-order chi connectivity index (χ0) is 19.4. The van der Waals surface area contributed by atoms with E-state index >= 15 is 0 Å². The number of anilines is 1. The molecule has 27 heavy (non-hydrogen) atoms. The molecule has 0 aliphatic heterocycles. The van der Waals surface area contributed by atoms with Gasteiger partial charge in [-0.3, -0.25) is 9.59 Å².